The Labute approximate surface area is 157 Å². The first-order chi connectivity index (χ1) is 12.2. The predicted octanol–water partition coefficient (Wildman–Crippen LogP) is 4.07. The molecule has 0 unspecified atom stereocenters. The van der Waals surface area contributed by atoms with Gasteiger partial charge in [-0.2, -0.15) is 0 Å². The molecule has 1 aromatic heterocycles. The summed E-state index contributed by atoms with van der Waals surface area (Å²) >= 11 is 6.18. The van der Waals surface area contributed by atoms with E-state index in [0.717, 1.165) is 11.3 Å². The molecule has 0 bridgehead atoms. The Morgan fingerprint density at radius 1 is 1.35 bits per heavy atom. The highest BCUT2D eigenvalue weighted by Gasteiger charge is 2.37. The van der Waals surface area contributed by atoms with Gasteiger partial charge >= 0.3 is 0 Å². The van der Waals surface area contributed by atoms with E-state index in [1.54, 1.807) is 18.2 Å². The van der Waals surface area contributed by atoms with Crippen LogP contribution in [0.4, 0.5) is 11.6 Å². The van der Waals surface area contributed by atoms with E-state index in [1.165, 1.54) is 4.90 Å². The number of benzene rings is 1. The molecule has 1 fully saturated rings. The van der Waals surface area contributed by atoms with E-state index in [4.69, 9.17) is 16.1 Å². The molecule has 7 heteroatoms. The summed E-state index contributed by atoms with van der Waals surface area (Å²) in [4.78, 5) is 26.6. The number of aromatic nitrogens is 1. The van der Waals surface area contributed by atoms with Gasteiger partial charge in [-0.1, -0.05) is 43.6 Å². The monoisotopic (exact) mass is 375 g/mol. The molecule has 26 heavy (non-hydrogen) atoms. The van der Waals surface area contributed by atoms with Crippen molar-refractivity contribution in [1.82, 2.24) is 5.16 Å². The van der Waals surface area contributed by atoms with E-state index in [9.17, 15) is 9.59 Å². The normalized spacial score (nSPS) is 17.7. The van der Waals surface area contributed by atoms with Crippen LogP contribution in [0, 0.1) is 6.92 Å². The van der Waals surface area contributed by atoms with Crippen LogP contribution in [0.25, 0.3) is 0 Å². The van der Waals surface area contributed by atoms with Gasteiger partial charge in [0.2, 0.25) is 17.7 Å². The first-order valence-corrected chi connectivity index (χ1v) is 8.91. The number of carbonyl (C=O) groups is 2. The zero-order valence-corrected chi connectivity index (χ0v) is 16.1. The van der Waals surface area contributed by atoms with Crippen LogP contribution in [0.15, 0.2) is 28.8 Å². The molecule has 1 N–H and O–H groups in total. The Morgan fingerprint density at radius 3 is 2.69 bits per heavy atom. The number of nitrogens with zero attached hydrogens (tertiary/aromatic N) is 2. The SMILES string of the molecule is Cc1ccc(N2C(=O)CC[C@H]2C(=O)Nc2cc(C(C)(C)C)no2)cc1Cl. The Balaban J connectivity index is 1.80. The molecular weight excluding hydrogens is 354 g/mol. The second-order valence-electron chi connectivity index (χ2n) is 7.57. The lowest BCUT2D eigenvalue weighted by Gasteiger charge is -2.24. The van der Waals surface area contributed by atoms with Crippen LogP contribution in [0.5, 0.6) is 0 Å². The molecule has 0 spiro atoms. The molecule has 2 heterocycles. The minimum Gasteiger partial charge on any atom is -0.338 e. The van der Waals surface area contributed by atoms with Crippen LogP contribution < -0.4 is 10.2 Å². The third kappa shape index (κ3) is 3.60. The van der Waals surface area contributed by atoms with E-state index < -0.39 is 6.04 Å². The highest BCUT2D eigenvalue weighted by atomic mass is 35.5. The number of rotatable bonds is 3. The molecule has 1 aliphatic rings. The van der Waals surface area contributed by atoms with Gasteiger partial charge in [0, 0.05) is 28.6 Å². The maximum Gasteiger partial charge on any atom is 0.249 e. The summed E-state index contributed by atoms with van der Waals surface area (Å²) in [5, 5.41) is 7.28. The second kappa shape index (κ2) is 6.76. The van der Waals surface area contributed by atoms with Crippen molar-refractivity contribution < 1.29 is 14.1 Å². The van der Waals surface area contributed by atoms with Crippen molar-refractivity contribution in [3.05, 3.63) is 40.5 Å². The number of aryl methyl sites for hydroxylation is 1. The lowest BCUT2D eigenvalue weighted by molar-refractivity contribution is -0.120. The van der Waals surface area contributed by atoms with Crippen molar-refractivity contribution in [2.45, 2.75) is 52.0 Å². The van der Waals surface area contributed by atoms with Crippen molar-refractivity contribution in [1.29, 1.82) is 0 Å². The first-order valence-electron chi connectivity index (χ1n) is 8.53. The Kier molecular flexibility index (Phi) is 4.80. The third-order valence-corrected chi connectivity index (χ3v) is 4.88. The Morgan fingerprint density at radius 2 is 2.08 bits per heavy atom. The summed E-state index contributed by atoms with van der Waals surface area (Å²) < 4.78 is 5.22. The number of carbonyl (C=O) groups excluding carboxylic acids is 2. The molecule has 0 radical (unpaired) electrons. The van der Waals surface area contributed by atoms with E-state index in [0.29, 0.717) is 23.6 Å². The summed E-state index contributed by atoms with van der Waals surface area (Å²) in [6.45, 7) is 7.91. The molecule has 1 saturated heterocycles. The Bertz CT molecular complexity index is 854. The molecular formula is C19H22ClN3O3. The van der Waals surface area contributed by atoms with Crippen LogP contribution in [-0.4, -0.2) is 23.0 Å². The maximum atomic E-state index is 12.7. The van der Waals surface area contributed by atoms with Gasteiger partial charge in [-0.3, -0.25) is 19.8 Å². The molecule has 0 saturated carbocycles. The molecule has 6 nitrogen and oxygen atoms in total. The Hall–Kier alpha value is -2.34. The lowest BCUT2D eigenvalue weighted by atomic mass is 9.92. The third-order valence-electron chi connectivity index (χ3n) is 4.47. The van der Waals surface area contributed by atoms with Gasteiger partial charge in [-0.25, -0.2) is 0 Å². The zero-order valence-electron chi connectivity index (χ0n) is 15.3. The summed E-state index contributed by atoms with van der Waals surface area (Å²) in [6, 6.07) is 6.46. The fourth-order valence-corrected chi connectivity index (χ4v) is 3.05. The average Bonchev–Trinajstić information content (AvgIpc) is 3.16. The highest BCUT2D eigenvalue weighted by molar-refractivity contribution is 6.31. The number of halogens is 1. The summed E-state index contributed by atoms with van der Waals surface area (Å²) in [5.41, 5.74) is 2.11. The summed E-state index contributed by atoms with van der Waals surface area (Å²) in [6.07, 6.45) is 0.754. The van der Waals surface area contributed by atoms with Gasteiger partial charge in [0.25, 0.3) is 0 Å². The fraction of sp³-hybridized carbons (Fsp3) is 0.421. The quantitative estimate of drug-likeness (QED) is 0.877. The predicted molar refractivity (Wildman–Crippen MR) is 101 cm³/mol. The van der Waals surface area contributed by atoms with Gasteiger partial charge in [0.05, 0.1) is 5.69 Å². The molecule has 1 atom stereocenters. The van der Waals surface area contributed by atoms with Crippen LogP contribution in [0.3, 0.4) is 0 Å². The molecule has 1 aliphatic heterocycles. The first kappa shape index (κ1) is 18.5. The van der Waals surface area contributed by atoms with Gasteiger partial charge < -0.3 is 4.52 Å². The van der Waals surface area contributed by atoms with Crippen LogP contribution in [0.2, 0.25) is 5.02 Å². The van der Waals surface area contributed by atoms with Gasteiger partial charge in [-0.05, 0) is 31.0 Å². The standard InChI is InChI=1S/C19H22ClN3O3/c1-11-5-6-12(9-13(11)20)23-14(7-8-17(23)24)18(25)21-16-10-15(22-26-16)19(2,3)4/h5-6,9-10,14H,7-8H2,1-4H3,(H,21,25)/t14-/m0/s1. The van der Waals surface area contributed by atoms with Crippen molar-refractivity contribution in [2.24, 2.45) is 0 Å². The highest BCUT2D eigenvalue weighted by Crippen LogP contribution is 2.31. The average molecular weight is 376 g/mol. The minimum absolute atomic E-state index is 0.0991. The van der Waals surface area contributed by atoms with E-state index in [2.05, 4.69) is 10.5 Å². The van der Waals surface area contributed by atoms with Crippen molar-refractivity contribution >= 4 is 35.0 Å². The van der Waals surface area contributed by atoms with E-state index in [1.807, 2.05) is 33.8 Å². The minimum atomic E-state index is -0.607. The fourth-order valence-electron chi connectivity index (χ4n) is 2.88. The largest absolute Gasteiger partial charge is 0.338 e. The topological polar surface area (TPSA) is 75.4 Å². The lowest BCUT2D eigenvalue weighted by Crippen LogP contribution is -2.41. The molecule has 2 amide bonds. The van der Waals surface area contributed by atoms with Gasteiger partial charge in [-0.15, -0.1) is 0 Å². The van der Waals surface area contributed by atoms with Crippen LogP contribution in [-0.2, 0) is 15.0 Å². The number of hydrogen-bond acceptors (Lipinski definition) is 4. The van der Waals surface area contributed by atoms with Crippen molar-refractivity contribution in [3.8, 4) is 0 Å². The second-order valence-corrected chi connectivity index (χ2v) is 7.97. The molecule has 0 aliphatic carbocycles. The molecule has 3 rings (SSSR count). The number of amides is 2. The van der Waals surface area contributed by atoms with Crippen molar-refractivity contribution in [2.75, 3.05) is 10.2 Å². The molecule has 1 aromatic carbocycles. The van der Waals surface area contributed by atoms with Gasteiger partial charge in [0.1, 0.15) is 6.04 Å². The maximum absolute atomic E-state index is 12.7. The molecule has 2 aromatic rings. The number of nitrogens with one attached hydrogen (secondary N) is 1. The zero-order chi connectivity index (χ0) is 19.1. The number of anilines is 2. The summed E-state index contributed by atoms with van der Waals surface area (Å²) in [5.74, 6) is -0.122. The van der Waals surface area contributed by atoms with Gasteiger partial charge in [0.15, 0.2) is 0 Å². The van der Waals surface area contributed by atoms with Crippen LogP contribution >= 0.6 is 11.6 Å². The summed E-state index contributed by atoms with van der Waals surface area (Å²) in [7, 11) is 0. The van der Waals surface area contributed by atoms with E-state index >= 15 is 0 Å². The van der Waals surface area contributed by atoms with Crippen LogP contribution in [0.1, 0.15) is 44.9 Å². The van der Waals surface area contributed by atoms with E-state index in [-0.39, 0.29) is 23.1 Å². The number of hydrogen-bond donors (Lipinski definition) is 1. The molecule has 138 valence electrons. The van der Waals surface area contributed by atoms with Crippen molar-refractivity contribution in [3.63, 3.8) is 0 Å². The smallest absolute Gasteiger partial charge is 0.249 e.